The molecule has 3 aromatic rings. The number of halogens is 1. The smallest absolute Gasteiger partial charge is 0.249 e. The third kappa shape index (κ3) is 5.17. The van der Waals surface area contributed by atoms with Crippen molar-refractivity contribution < 1.29 is 9.32 Å². The van der Waals surface area contributed by atoms with Gasteiger partial charge >= 0.3 is 0 Å². The van der Waals surface area contributed by atoms with Crippen LogP contribution in [0.25, 0.3) is 11.4 Å². The lowest BCUT2D eigenvalue weighted by atomic mass is 10.0. The van der Waals surface area contributed by atoms with Crippen LogP contribution >= 0.6 is 11.6 Å². The lowest BCUT2D eigenvalue weighted by Gasteiger charge is -2.18. The molecule has 2 aromatic carbocycles. The highest BCUT2D eigenvalue weighted by molar-refractivity contribution is 6.30. The Hall–Kier alpha value is -2.66. The zero-order chi connectivity index (χ0) is 19.2. The van der Waals surface area contributed by atoms with Gasteiger partial charge in [-0.3, -0.25) is 4.79 Å². The van der Waals surface area contributed by atoms with E-state index in [2.05, 4.69) is 15.5 Å². The minimum Gasteiger partial charge on any atom is -0.344 e. The summed E-state index contributed by atoms with van der Waals surface area (Å²) < 4.78 is 5.43. The molecule has 0 fully saturated rings. The van der Waals surface area contributed by atoms with E-state index in [1.165, 1.54) is 0 Å². The highest BCUT2D eigenvalue weighted by Crippen LogP contribution is 2.24. The SMILES string of the molecule is CC(C)C(NC(=O)CCc1ccccc1)c1nc(-c2ccc(Cl)cc2)no1. The molecule has 6 heteroatoms. The summed E-state index contributed by atoms with van der Waals surface area (Å²) in [5.74, 6) is 0.960. The van der Waals surface area contributed by atoms with Crippen LogP contribution in [0.2, 0.25) is 5.02 Å². The van der Waals surface area contributed by atoms with Crippen LogP contribution in [-0.4, -0.2) is 16.0 Å². The van der Waals surface area contributed by atoms with E-state index in [0.29, 0.717) is 29.6 Å². The molecule has 27 heavy (non-hydrogen) atoms. The van der Waals surface area contributed by atoms with Crippen molar-refractivity contribution in [3.05, 3.63) is 71.1 Å². The molecule has 1 atom stereocenters. The first-order valence-corrected chi connectivity index (χ1v) is 9.33. The van der Waals surface area contributed by atoms with Crippen LogP contribution < -0.4 is 5.32 Å². The summed E-state index contributed by atoms with van der Waals surface area (Å²) in [4.78, 5) is 16.9. The molecule has 0 saturated heterocycles. The maximum atomic E-state index is 12.4. The third-order valence-corrected chi connectivity index (χ3v) is 4.53. The first kappa shape index (κ1) is 19.1. The molecule has 1 aromatic heterocycles. The predicted molar refractivity (Wildman–Crippen MR) is 105 cm³/mol. The highest BCUT2D eigenvalue weighted by Gasteiger charge is 2.24. The summed E-state index contributed by atoms with van der Waals surface area (Å²) in [5, 5.41) is 7.71. The molecule has 140 valence electrons. The van der Waals surface area contributed by atoms with Gasteiger partial charge in [0.1, 0.15) is 6.04 Å². The van der Waals surface area contributed by atoms with E-state index in [4.69, 9.17) is 16.1 Å². The van der Waals surface area contributed by atoms with Gasteiger partial charge in [0.05, 0.1) is 0 Å². The Labute approximate surface area is 163 Å². The minimum absolute atomic E-state index is 0.0382. The Kier molecular flexibility index (Phi) is 6.24. The van der Waals surface area contributed by atoms with Crippen molar-refractivity contribution in [2.45, 2.75) is 32.7 Å². The third-order valence-electron chi connectivity index (χ3n) is 4.28. The fourth-order valence-corrected chi connectivity index (χ4v) is 2.87. The van der Waals surface area contributed by atoms with Crippen molar-refractivity contribution in [3.8, 4) is 11.4 Å². The van der Waals surface area contributed by atoms with Crippen molar-refractivity contribution in [3.63, 3.8) is 0 Å². The van der Waals surface area contributed by atoms with Gasteiger partial charge < -0.3 is 9.84 Å². The molecule has 1 heterocycles. The first-order chi connectivity index (χ1) is 13.0. The van der Waals surface area contributed by atoms with Crippen LogP contribution in [0.1, 0.15) is 37.8 Å². The van der Waals surface area contributed by atoms with Gasteiger partial charge in [-0.15, -0.1) is 0 Å². The summed E-state index contributed by atoms with van der Waals surface area (Å²) in [6.07, 6.45) is 1.10. The Morgan fingerprint density at radius 2 is 1.81 bits per heavy atom. The van der Waals surface area contributed by atoms with Crippen molar-refractivity contribution in [2.24, 2.45) is 5.92 Å². The number of hydrogen-bond acceptors (Lipinski definition) is 4. The lowest BCUT2D eigenvalue weighted by molar-refractivity contribution is -0.122. The van der Waals surface area contributed by atoms with Gasteiger partial charge in [-0.2, -0.15) is 4.98 Å². The summed E-state index contributed by atoms with van der Waals surface area (Å²) >= 11 is 5.92. The Morgan fingerprint density at radius 1 is 1.11 bits per heavy atom. The van der Waals surface area contributed by atoms with Crippen molar-refractivity contribution >= 4 is 17.5 Å². The highest BCUT2D eigenvalue weighted by atomic mass is 35.5. The zero-order valence-electron chi connectivity index (χ0n) is 15.4. The summed E-state index contributed by atoms with van der Waals surface area (Å²) in [7, 11) is 0. The molecule has 1 amide bonds. The molecule has 1 N–H and O–H groups in total. The van der Waals surface area contributed by atoms with Crippen LogP contribution in [0.5, 0.6) is 0 Å². The molecule has 1 unspecified atom stereocenters. The van der Waals surface area contributed by atoms with Crippen LogP contribution in [0, 0.1) is 5.92 Å². The standard InChI is InChI=1S/C21H22ClN3O2/c1-14(2)19(23-18(26)13-8-15-6-4-3-5-7-15)21-24-20(25-27-21)16-9-11-17(22)12-10-16/h3-7,9-12,14,19H,8,13H2,1-2H3,(H,23,26). The number of carbonyl (C=O) groups excluding carboxylic acids is 1. The summed E-state index contributed by atoms with van der Waals surface area (Å²) in [6.45, 7) is 4.02. The van der Waals surface area contributed by atoms with Gasteiger partial charge in [0.15, 0.2) is 0 Å². The number of rotatable bonds is 7. The Balaban J connectivity index is 1.66. The van der Waals surface area contributed by atoms with E-state index in [1.54, 1.807) is 12.1 Å². The van der Waals surface area contributed by atoms with Gasteiger partial charge in [0.2, 0.25) is 17.6 Å². The average molecular weight is 384 g/mol. The van der Waals surface area contributed by atoms with Crippen LogP contribution in [0.3, 0.4) is 0 Å². The molecule has 0 aliphatic rings. The molecule has 0 aliphatic heterocycles. The molecule has 0 spiro atoms. The quantitative estimate of drug-likeness (QED) is 0.634. The lowest BCUT2D eigenvalue weighted by Crippen LogP contribution is -2.32. The van der Waals surface area contributed by atoms with Gasteiger partial charge in [0, 0.05) is 17.0 Å². The zero-order valence-corrected chi connectivity index (χ0v) is 16.1. The van der Waals surface area contributed by atoms with Gasteiger partial charge in [-0.05, 0) is 42.2 Å². The van der Waals surface area contributed by atoms with Gasteiger partial charge in [-0.1, -0.05) is 60.9 Å². The number of nitrogens with one attached hydrogen (secondary N) is 1. The number of aromatic nitrogens is 2. The normalized spacial score (nSPS) is 12.1. The molecule has 0 saturated carbocycles. The monoisotopic (exact) mass is 383 g/mol. The van der Waals surface area contributed by atoms with E-state index < -0.39 is 0 Å². The van der Waals surface area contributed by atoms with Crippen LogP contribution in [-0.2, 0) is 11.2 Å². The second-order valence-corrected chi connectivity index (χ2v) is 7.17. The van der Waals surface area contributed by atoms with Gasteiger partial charge in [0.25, 0.3) is 0 Å². The second kappa shape index (κ2) is 8.82. The van der Waals surface area contributed by atoms with E-state index in [9.17, 15) is 4.79 Å². The van der Waals surface area contributed by atoms with Crippen LogP contribution in [0.15, 0.2) is 59.1 Å². The number of hydrogen-bond donors (Lipinski definition) is 1. The fourth-order valence-electron chi connectivity index (χ4n) is 2.74. The maximum absolute atomic E-state index is 12.4. The molecule has 0 radical (unpaired) electrons. The molecule has 0 aliphatic carbocycles. The van der Waals surface area contributed by atoms with Crippen molar-refractivity contribution in [1.82, 2.24) is 15.5 Å². The number of benzene rings is 2. The number of aryl methyl sites for hydroxylation is 1. The second-order valence-electron chi connectivity index (χ2n) is 6.74. The number of amides is 1. The summed E-state index contributed by atoms with van der Waals surface area (Å²) in [6, 6.07) is 16.8. The maximum Gasteiger partial charge on any atom is 0.249 e. The average Bonchev–Trinajstić information content (AvgIpc) is 3.15. The largest absolute Gasteiger partial charge is 0.344 e. The Bertz CT molecular complexity index is 876. The van der Waals surface area contributed by atoms with Crippen molar-refractivity contribution in [1.29, 1.82) is 0 Å². The Morgan fingerprint density at radius 3 is 2.48 bits per heavy atom. The summed E-state index contributed by atoms with van der Waals surface area (Å²) in [5.41, 5.74) is 1.95. The topological polar surface area (TPSA) is 68.0 Å². The predicted octanol–water partition coefficient (Wildman–Crippen LogP) is 4.84. The molecule has 5 nitrogen and oxygen atoms in total. The molecule has 3 rings (SSSR count). The van der Waals surface area contributed by atoms with Crippen molar-refractivity contribution in [2.75, 3.05) is 0 Å². The number of nitrogens with zero attached hydrogens (tertiary/aromatic N) is 2. The minimum atomic E-state index is -0.332. The van der Waals surface area contributed by atoms with Crippen LogP contribution in [0.4, 0.5) is 0 Å². The molecular formula is C21H22ClN3O2. The van der Waals surface area contributed by atoms with Gasteiger partial charge in [-0.25, -0.2) is 0 Å². The molecule has 0 bridgehead atoms. The number of carbonyl (C=O) groups is 1. The fraction of sp³-hybridized carbons (Fsp3) is 0.286. The van der Waals surface area contributed by atoms with E-state index >= 15 is 0 Å². The van der Waals surface area contributed by atoms with E-state index in [1.807, 2.05) is 56.3 Å². The van der Waals surface area contributed by atoms with E-state index in [0.717, 1.165) is 11.1 Å². The first-order valence-electron chi connectivity index (χ1n) is 8.96. The van der Waals surface area contributed by atoms with E-state index in [-0.39, 0.29) is 17.9 Å². The molecular weight excluding hydrogens is 362 g/mol.